The van der Waals surface area contributed by atoms with Gasteiger partial charge in [0.2, 0.25) is 0 Å². The van der Waals surface area contributed by atoms with E-state index in [2.05, 4.69) is 24.5 Å². The molecule has 1 aromatic carbocycles. The molecule has 0 saturated heterocycles. The molecule has 1 saturated carbocycles. The average Bonchev–Trinajstić information content (AvgIpc) is 2.52. The fraction of sp³-hybridized carbons (Fsp3) is 0.562. The van der Waals surface area contributed by atoms with Crippen molar-refractivity contribution >= 4 is 17.4 Å². The summed E-state index contributed by atoms with van der Waals surface area (Å²) in [5.74, 6) is 1.32. The van der Waals surface area contributed by atoms with Crippen LogP contribution < -0.4 is 15.4 Å². The van der Waals surface area contributed by atoms with E-state index >= 15 is 0 Å². The van der Waals surface area contributed by atoms with E-state index in [1.807, 2.05) is 0 Å². The molecule has 0 bridgehead atoms. The normalized spacial score (nSPS) is 23.9. The lowest BCUT2D eigenvalue weighted by atomic mass is 9.78. The van der Waals surface area contributed by atoms with E-state index in [1.54, 1.807) is 6.07 Å². The van der Waals surface area contributed by atoms with E-state index in [0.717, 1.165) is 12.8 Å². The van der Waals surface area contributed by atoms with Crippen LogP contribution in [0.15, 0.2) is 18.2 Å². The molecule has 1 fully saturated rings. The van der Waals surface area contributed by atoms with Gasteiger partial charge in [0, 0.05) is 6.04 Å². The zero-order chi connectivity index (χ0) is 17.0. The summed E-state index contributed by atoms with van der Waals surface area (Å²) in [6.07, 6.45) is 3.19. The molecule has 0 unspecified atom stereocenters. The van der Waals surface area contributed by atoms with Crippen molar-refractivity contribution in [1.82, 2.24) is 5.32 Å². The second-order valence-corrected chi connectivity index (χ2v) is 6.11. The Morgan fingerprint density at radius 3 is 2.74 bits per heavy atom. The molecule has 2 amide bonds. The van der Waals surface area contributed by atoms with Crippen molar-refractivity contribution in [2.24, 2.45) is 11.8 Å². The molecule has 0 aliphatic heterocycles. The van der Waals surface area contributed by atoms with Crippen LogP contribution in [0.5, 0.6) is 5.75 Å². The Balaban J connectivity index is 2.06. The van der Waals surface area contributed by atoms with Gasteiger partial charge in [-0.2, -0.15) is 0 Å². The maximum atomic E-state index is 12.2. The first kappa shape index (κ1) is 17.1. The fourth-order valence-corrected chi connectivity index (χ4v) is 3.01. The Morgan fingerprint density at radius 2 is 2.09 bits per heavy atom. The zero-order valence-corrected chi connectivity index (χ0v) is 13.7. The van der Waals surface area contributed by atoms with Gasteiger partial charge in [-0.3, -0.25) is 10.1 Å². The summed E-state index contributed by atoms with van der Waals surface area (Å²) in [5.41, 5.74) is -0.0330. The molecule has 1 aliphatic rings. The van der Waals surface area contributed by atoms with Gasteiger partial charge in [-0.15, -0.1) is 0 Å². The molecule has 0 radical (unpaired) electrons. The number of hydrogen-bond donors (Lipinski definition) is 2. The molecule has 0 spiro atoms. The first-order valence-electron chi connectivity index (χ1n) is 7.82. The first-order valence-corrected chi connectivity index (χ1v) is 7.82. The van der Waals surface area contributed by atoms with Crippen LogP contribution in [0.3, 0.4) is 0 Å². The van der Waals surface area contributed by atoms with Gasteiger partial charge in [0.15, 0.2) is 0 Å². The van der Waals surface area contributed by atoms with Crippen LogP contribution in [-0.4, -0.2) is 24.1 Å². The van der Waals surface area contributed by atoms with Crippen molar-refractivity contribution in [3.8, 4) is 5.75 Å². The predicted octanol–water partition coefficient (Wildman–Crippen LogP) is 3.55. The van der Waals surface area contributed by atoms with Crippen molar-refractivity contribution in [3.05, 3.63) is 28.3 Å². The number of methoxy groups -OCH3 is 1. The number of amides is 2. The van der Waals surface area contributed by atoms with Crippen molar-refractivity contribution in [2.75, 3.05) is 12.4 Å². The summed E-state index contributed by atoms with van der Waals surface area (Å²) in [6, 6.07) is 4.03. The van der Waals surface area contributed by atoms with Crippen LogP contribution in [0.25, 0.3) is 0 Å². The number of anilines is 1. The van der Waals surface area contributed by atoms with Crippen molar-refractivity contribution in [2.45, 2.75) is 39.2 Å². The van der Waals surface area contributed by atoms with Crippen LogP contribution in [0.1, 0.15) is 33.1 Å². The fourth-order valence-electron chi connectivity index (χ4n) is 3.01. The quantitative estimate of drug-likeness (QED) is 0.655. The number of urea groups is 1. The van der Waals surface area contributed by atoms with E-state index in [-0.39, 0.29) is 17.4 Å². The Labute approximate surface area is 135 Å². The molecule has 2 N–H and O–H groups in total. The molecule has 0 heterocycles. The van der Waals surface area contributed by atoms with Gasteiger partial charge in [0.05, 0.1) is 18.1 Å². The number of benzene rings is 1. The molecule has 126 valence electrons. The van der Waals surface area contributed by atoms with E-state index in [4.69, 9.17) is 4.74 Å². The lowest BCUT2D eigenvalue weighted by Crippen LogP contribution is -2.45. The second kappa shape index (κ2) is 7.30. The van der Waals surface area contributed by atoms with Gasteiger partial charge in [-0.05, 0) is 30.4 Å². The zero-order valence-electron chi connectivity index (χ0n) is 13.7. The summed E-state index contributed by atoms with van der Waals surface area (Å²) < 4.78 is 4.98. The minimum absolute atomic E-state index is 0.0936. The van der Waals surface area contributed by atoms with Gasteiger partial charge in [-0.25, -0.2) is 4.79 Å². The topological polar surface area (TPSA) is 93.5 Å². The number of rotatable bonds is 4. The number of nitro benzene ring substituents is 1. The standard InChI is InChI=1S/C16H23N3O4/c1-10-5-4-6-13(11(10)2)17-16(20)18-14-8-7-12(23-3)9-15(14)19(21)22/h7-11,13H,4-6H2,1-3H3,(H2,17,18,20)/t10-,11+,13-/m1/s1. The maximum Gasteiger partial charge on any atom is 0.319 e. The number of nitro groups is 1. The summed E-state index contributed by atoms with van der Waals surface area (Å²) in [4.78, 5) is 22.8. The minimum atomic E-state index is -0.538. The van der Waals surface area contributed by atoms with Crippen molar-refractivity contribution in [1.29, 1.82) is 0 Å². The van der Waals surface area contributed by atoms with E-state index in [0.29, 0.717) is 17.6 Å². The third kappa shape index (κ3) is 4.12. The largest absolute Gasteiger partial charge is 0.496 e. The van der Waals surface area contributed by atoms with Crippen molar-refractivity contribution in [3.63, 3.8) is 0 Å². The number of ether oxygens (including phenoxy) is 1. The molecule has 1 aromatic rings. The van der Waals surface area contributed by atoms with E-state index in [9.17, 15) is 14.9 Å². The lowest BCUT2D eigenvalue weighted by Gasteiger charge is -2.34. The van der Waals surface area contributed by atoms with Gasteiger partial charge in [0.25, 0.3) is 5.69 Å². The van der Waals surface area contributed by atoms with E-state index in [1.165, 1.54) is 25.7 Å². The van der Waals surface area contributed by atoms with Gasteiger partial charge >= 0.3 is 6.03 Å². The van der Waals surface area contributed by atoms with Crippen molar-refractivity contribution < 1.29 is 14.5 Å². The Kier molecular flexibility index (Phi) is 5.41. The van der Waals surface area contributed by atoms with Crippen LogP contribution >= 0.6 is 0 Å². The smallest absolute Gasteiger partial charge is 0.319 e. The monoisotopic (exact) mass is 321 g/mol. The number of nitrogens with one attached hydrogen (secondary N) is 2. The van der Waals surface area contributed by atoms with Gasteiger partial charge in [0.1, 0.15) is 11.4 Å². The summed E-state index contributed by atoms with van der Waals surface area (Å²) in [7, 11) is 1.44. The SMILES string of the molecule is COc1ccc(NC(=O)N[C@@H]2CCC[C@@H](C)[C@@H]2C)c([N+](=O)[O-])c1. The predicted molar refractivity (Wildman–Crippen MR) is 87.8 cm³/mol. The third-order valence-electron chi connectivity index (χ3n) is 4.67. The van der Waals surface area contributed by atoms with Crippen LogP contribution in [-0.2, 0) is 0 Å². The highest BCUT2D eigenvalue weighted by molar-refractivity contribution is 5.92. The summed E-state index contributed by atoms with van der Waals surface area (Å²) in [6.45, 7) is 4.31. The van der Waals surface area contributed by atoms with E-state index < -0.39 is 11.0 Å². The molecule has 23 heavy (non-hydrogen) atoms. The molecule has 0 aromatic heterocycles. The molecule has 2 rings (SSSR count). The molecule has 1 aliphatic carbocycles. The second-order valence-electron chi connectivity index (χ2n) is 6.11. The Morgan fingerprint density at radius 1 is 1.35 bits per heavy atom. The summed E-state index contributed by atoms with van der Waals surface area (Å²) in [5, 5.41) is 16.7. The Bertz CT molecular complexity index is 591. The minimum Gasteiger partial charge on any atom is -0.496 e. The molecular weight excluding hydrogens is 298 g/mol. The Hall–Kier alpha value is -2.31. The third-order valence-corrected chi connectivity index (χ3v) is 4.67. The number of carbonyl (C=O) groups is 1. The average molecular weight is 321 g/mol. The molecule has 7 nitrogen and oxygen atoms in total. The highest BCUT2D eigenvalue weighted by Crippen LogP contribution is 2.31. The lowest BCUT2D eigenvalue weighted by molar-refractivity contribution is -0.384. The molecular formula is C16H23N3O4. The maximum absolute atomic E-state index is 12.2. The molecule has 7 heteroatoms. The molecule has 3 atom stereocenters. The van der Waals surface area contributed by atoms with Crippen LogP contribution in [0.4, 0.5) is 16.2 Å². The highest BCUT2D eigenvalue weighted by Gasteiger charge is 2.28. The summed E-state index contributed by atoms with van der Waals surface area (Å²) >= 11 is 0. The van der Waals surface area contributed by atoms with Gasteiger partial charge in [-0.1, -0.05) is 26.7 Å². The van der Waals surface area contributed by atoms with Gasteiger partial charge < -0.3 is 15.4 Å². The number of carbonyl (C=O) groups excluding carboxylic acids is 1. The van der Waals surface area contributed by atoms with Crippen LogP contribution in [0.2, 0.25) is 0 Å². The van der Waals surface area contributed by atoms with Crippen LogP contribution in [0, 0.1) is 22.0 Å². The highest BCUT2D eigenvalue weighted by atomic mass is 16.6. The first-order chi connectivity index (χ1) is 10.9. The number of hydrogen-bond acceptors (Lipinski definition) is 4. The number of nitrogens with zero attached hydrogens (tertiary/aromatic N) is 1.